The van der Waals surface area contributed by atoms with Crippen molar-refractivity contribution in [3.63, 3.8) is 0 Å². The van der Waals surface area contributed by atoms with E-state index in [1.54, 1.807) is 4.90 Å². The van der Waals surface area contributed by atoms with E-state index in [1.807, 2.05) is 39.0 Å². The number of likely N-dealkylation sites (tertiary alicyclic amines) is 1. The maximum atomic E-state index is 12.2. The number of benzene rings is 1. The molecule has 4 heteroatoms. The number of rotatable bonds is 3. The van der Waals surface area contributed by atoms with Crippen molar-refractivity contribution in [1.82, 2.24) is 4.90 Å². The molecule has 0 bridgehead atoms. The summed E-state index contributed by atoms with van der Waals surface area (Å²) in [5, 5.41) is 0. The van der Waals surface area contributed by atoms with Crippen molar-refractivity contribution in [1.29, 1.82) is 0 Å². The third-order valence-corrected chi connectivity index (χ3v) is 4.11. The van der Waals surface area contributed by atoms with E-state index in [9.17, 15) is 9.59 Å². The molecule has 2 rings (SSSR count). The monoisotopic (exact) mass is 275 g/mol. The van der Waals surface area contributed by atoms with Crippen LogP contribution in [0.15, 0.2) is 18.2 Å². The zero-order valence-electron chi connectivity index (χ0n) is 12.5. The average Bonchev–Trinajstić information content (AvgIpc) is 2.79. The van der Waals surface area contributed by atoms with Crippen molar-refractivity contribution in [2.24, 2.45) is 0 Å². The lowest BCUT2D eigenvalue weighted by Gasteiger charge is -2.31. The van der Waals surface area contributed by atoms with E-state index in [0.29, 0.717) is 12.8 Å². The van der Waals surface area contributed by atoms with Gasteiger partial charge in [-0.05, 0) is 43.9 Å². The third kappa shape index (κ3) is 2.42. The first-order valence-corrected chi connectivity index (χ1v) is 6.92. The van der Waals surface area contributed by atoms with Gasteiger partial charge in [-0.2, -0.15) is 0 Å². The van der Waals surface area contributed by atoms with Crippen molar-refractivity contribution in [3.8, 4) is 0 Å². The van der Waals surface area contributed by atoms with Crippen LogP contribution in [0.25, 0.3) is 0 Å². The fourth-order valence-electron chi connectivity index (χ4n) is 3.18. The second-order valence-corrected chi connectivity index (χ2v) is 5.36. The van der Waals surface area contributed by atoms with Crippen molar-refractivity contribution < 1.29 is 14.3 Å². The van der Waals surface area contributed by atoms with Crippen LogP contribution in [0.1, 0.15) is 42.5 Å². The standard InChI is InChI=1S/C16H21NO3/c1-10-6-5-7-11(2)15(10)12(3)17-13(16(19)20-4)8-9-14(17)18/h5-7,12-13H,8-9H2,1-4H3. The quantitative estimate of drug-likeness (QED) is 0.796. The van der Waals surface area contributed by atoms with E-state index in [2.05, 4.69) is 0 Å². The third-order valence-electron chi connectivity index (χ3n) is 4.11. The summed E-state index contributed by atoms with van der Waals surface area (Å²) in [4.78, 5) is 25.7. The summed E-state index contributed by atoms with van der Waals surface area (Å²) in [5.74, 6) is -0.301. The molecule has 0 aliphatic carbocycles. The van der Waals surface area contributed by atoms with Crippen LogP contribution in [-0.2, 0) is 14.3 Å². The zero-order chi connectivity index (χ0) is 14.9. The van der Waals surface area contributed by atoms with E-state index in [4.69, 9.17) is 4.74 Å². The Kier molecular flexibility index (Phi) is 4.12. The maximum absolute atomic E-state index is 12.2. The van der Waals surface area contributed by atoms with Crippen molar-refractivity contribution >= 4 is 11.9 Å². The molecule has 1 aromatic rings. The molecule has 108 valence electrons. The van der Waals surface area contributed by atoms with Crippen LogP contribution >= 0.6 is 0 Å². The first-order valence-electron chi connectivity index (χ1n) is 6.92. The Labute approximate surface area is 119 Å². The number of aryl methyl sites for hydroxylation is 2. The number of amides is 1. The summed E-state index contributed by atoms with van der Waals surface area (Å²) in [5.41, 5.74) is 3.40. The summed E-state index contributed by atoms with van der Waals surface area (Å²) < 4.78 is 4.83. The van der Waals surface area contributed by atoms with Crippen LogP contribution in [0.3, 0.4) is 0 Å². The van der Waals surface area contributed by atoms with Crippen LogP contribution < -0.4 is 0 Å². The number of nitrogens with zero attached hydrogens (tertiary/aromatic N) is 1. The van der Waals surface area contributed by atoms with Gasteiger partial charge in [0.05, 0.1) is 13.2 Å². The number of ether oxygens (including phenoxy) is 1. The molecule has 20 heavy (non-hydrogen) atoms. The second-order valence-electron chi connectivity index (χ2n) is 5.36. The van der Waals surface area contributed by atoms with Crippen LogP contribution in [0.5, 0.6) is 0 Å². The minimum Gasteiger partial charge on any atom is -0.467 e. The minimum absolute atomic E-state index is 0.0237. The van der Waals surface area contributed by atoms with Crippen LogP contribution in [0.2, 0.25) is 0 Å². The summed E-state index contributed by atoms with van der Waals surface area (Å²) in [6.45, 7) is 6.05. The maximum Gasteiger partial charge on any atom is 0.328 e. The lowest BCUT2D eigenvalue weighted by molar-refractivity contribution is -0.150. The zero-order valence-corrected chi connectivity index (χ0v) is 12.5. The highest BCUT2D eigenvalue weighted by atomic mass is 16.5. The SMILES string of the molecule is COC(=O)C1CCC(=O)N1C(C)c1c(C)cccc1C. The topological polar surface area (TPSA) is 46.6 Å². The van der Waals surface area contributed by atoms with Gasteiger partial charge in [0, 0.05) is 6.42 Å². The van der Waals surface area contributed by atoms with E-state index >= 15 is 0 Å². The predicted molar refractivity (Wildman–Crippen MR) is 76.2 cm³/mol. The highest BCUT2D eigenvalue weighted by Crippen LogP contribution is 2.33. The molecule has 2 unspecified atom stereocenters. The number of hydrogen-bond donors (Lipinski definition) is 0. The molecule has 0 saturated carbocycles. The van der Waals surface area contributed by atoms with Gasteiger partial charge in [0.25, 0.3) is 0 Å². The Morgan fingerprint density at radius 3 is 2.50 bits per heavy atom. The fraction of sp³-hybridized carbons (Fsp3) is 0.500. The van der Waals surface area contributed by atoms with E-state index in [0.717, 1.165) is 16.7 Å². The summed E-state index contributed by atoms with van der Waals surface area (Å²) in [6.07, 6.45) is 0.954. The molecule has 1 aromatic carbocycles. The second kappa shape index (κ2) is 5.65. The van der Waals surface area contributed by atoms with Crippen LogP contribution in [0.4, 0.5) is 0 Å². The van der Waals surface area contributed by atoms with Gasteiger partial charge in [-0.1, -0.05) is 18.2 Å². The summed E-state index contributed by atoms with van der Waals surface area (Å²) in [6, 6.07) is 5.50. The lowest BCUT2D eigenvalue weighted by Crippen LogP contribution is -2.41. The number of hydrogen-bond acceptors (Lipinski definition) is 3. The van der Waals surface area contributed by atoms with E-state index in [1.165, 1.54) is 7.11 Å². The predicted octanol–water partition coefficient (Wildman–Crippen LogP) is 2.53. The fourth-order valence-corrected chi connectivity index (χ4v) is 3.18. The normalized spacial score (nSPS) is 20.1. The largest absolute Gasteiger partial charge is 0.467 e. The molecule has 1 amide bonds. The molecule has 2 atom stereocenters. The first-order chi connectivity index (χ1) is 9.47. The van der Waals surface area contributed by atoms with Gasteiger partial charge in [-0.25, -0.2) is 4.79 Å². The number of esters is 1. The van der Waals surface area contributed by atoms with Crippen molar-refractivity contribution in [3.05, 3.63) is 34.9 Å². The Morgan fingerprint density at radius 2 is 1.95 bits per heavy atom. The number of methoxy groups -OCH3 is 1. The lowest BCUT2D eigenvalue weighted by atomic mass is 9.95. The van der Waals surface area contributed by atoms with Gasteiger partial charge < -0.3 is 9.64 Å². The molecule has 1 fully saturated rings. The Bertz CT molecular complexity index is 518. The molecule has 1 heterocycles. The minimum atomic E-state index is -0.457. The molecule has 0 N–H and O–H groups in total. The molecule has 1 aliphatic rings. The Balaban J connectivity index is 2.37. The number of carbonyl (C=O) groups is 2. The molecular weight excluding hydrogens is 254 g/mol. The smallest absolute Gasteiger partial charge is 0.328 e. The summed E-state index contributed by atoms with van der Waals surface area (Å²) in [7, 11) is 1.37. The summed E-state index contributed by atoms with van der Waals surface area (Å²) >= 11 is 0. The van der Waals surface area contributed by atoms with Crippen molar-refractivity contribution in [2.45, 2.75) is 45.7 Å². The molecule has 1 saturated heterocycles. The highest BCUT2D eigenvalue weighted by molar-refractivity contribution is 5.88. The van der Waals surface area contributed by atoms with E-state index in [-0.39, 0.29) is 17.9 Å². The number of carbonyl (C=O) groups excluding carboxylic acids is 2. The molecule has 0 radical (unpaired) electrons. The van der Waals surface area contributed by atoms with Crippen molar-refractivity contribution in [2.75, 3.05) is 7.11 Å². The van der Waals surface area contributed by atoms with E-state index < -0.39 is 6.04 Å². The first kappa shape index (κ1) is 14.6. The van der Waals surface area contributed by atoms with Gasteiger partial charge in [-0.3, -0.25) is 4.79 Å². The van der Waals surface area contributed by atoms with Gasteiger partial charge >= 0.3 is 5.97 Å². The Hall–Kier alpha value is -1.84. The molecule has 1 aliphatic heterocycles. The van der Waals surface area contributed by atoms with Gasteiger partial charge in [0.15, 0.2) is 0 Å². The average molecular weight is 275 g/mol. The van der Waals surface area contributed by atoms with Gasteiger partial charge in [0.2, 0.25) is 5.91 Å². The van der Waals surface area contributed by atoms with Crippen LogP contribution in [0, 0.1) is 13.8 Å². The molecule has 0 aromatic heterocycles. The van der Waals surface area contributed by atoms with Gasteiger partial charge in [0.1, 0.15) is 6.04 Å². The molecular formula is C16H21NO3. The molecule has 0 spiro atoms. The van der Waals surface area contributed by atoms with Crippen LogP contribution in [-0.4, -0.2) is 29.9 Å². The Morgan fingerprint density at radius 1 is 1.35 bits per heavy atom. The van der Waals surface area contributed by atoms with Gasteiger partial charge in [-0.15, -0.1) is 0 Å². The highest BCUT2D eigenvalue weighted by Gasteiger charge is 2.40. The molecule has 4 nitrogen and oxygen atoms in total.